The van der Waals surface area contributed by atoms with Crippen molar-refractivity contribution in [3.05, 3.63) is 59.9 Å². The lowest BCUT2D eigenvalue weighted by Crippen LogP contribution is -2.42. The number of halogens is 1. The predicted octanol–water partition coefficient (Wildman–Crippen LogP) is 1.88. The van der Waals surface area contributed by atoms with E-state index in [1.165, 1.54) is 12.1 Å². The van der Waals surface area contributed by atoms with E-state index in [0.29, 0.717) is 44.3 Å². The molecule has 0 bridgehead atoms. The van der Waals surface area contributed by atoms with Gasteiger partial charge in [0.05, 0.1) is 13.0 Å². The second kappa shape index (κ2) is 11.0. The number of benzene rings is 2. The fourth-order valence-corrected chi connectivity index (χ4v) is 2.97. The van der Waals surface area contributed by atoms with Gasteiger partial charge in [0.15, 0.2) is 23.6 Å². The fourth-order valence-electron chi connectivity index (χ4n) is 2.97. The highest BCUT2D eigenvalue weighted by molar-refractivity contribution is 5.80. The minimum atomic E-state index is -0.343. The number of carbonyl (C=O) groups excluding carboxylic acids is 1. The van der Waals surface area contributed by atoms with Crippen LogP contribution < -0.4 is 25.4 Å². The maximum Gasteiger partial charge on any atom is 0.224 e. The monoisotopic (exact) mass is 414 g/mol. The Balaban J connectivity index is 1.40. The molecule has 0 saturated carbocycles. The van der Waals surface area contributed by atoms with E-state index in [2.05, 4.69) is 20.9 Å². The van der Waals surface area contributed by atoms with Gasteiger partial charge in [-0.05, 0) is 36.8 Å². The van der Waals surface area contributed by atoms with Crippen LogP contribution in [0.4, 0.5) is 4.39 Å². The van der Waals surface area contributed by atoms with Crippen molar-refractivity contribution in [2.45, 2.75) is 19.4 Å². The van der Waals surface area contributed by atoms with E-state index < -0.39 is 0 Å². The van der Waals surface area contributed by atoms with Crippen LogP contribution in [0, 0.1) is 5.82 Å². The number of para-hydroxylation sites is 2. The Morgan fingerprint density at radius 3 is 2.70 bits per heavy atom. The Morgan fingerprint density at radius 1 is 1.10 bits per heavy atom. The van der Waals surface area contributed by atoms with Crippen molar-refractivity contribution in [3.63, 3.8) is 0 Å². The number of rotatable bonds is 8. The zero-order chi connectivity index (χ0) is 21.2. The summed E-state index contributed by atoms with van der Waals surface area (Å²) in [5.41, 5.74) is 0.645. The van der Waals surface area contributed by atoms with Crippen molar-refractivity contribution < 1.29 is 18.7 Å². The molecule has 2 aromatic rings. The number of nitrogens with zero attached hydrogens (tertiary/aromatic N) is 1. The smallest absolute Gasteiger partial charge is 0.224 e. The summed E-state index contributed by atoms with van der Waals surface area (Å²) >= 11 is 0. The first-order valence-corrected chi connectivity index (χ1v) is 10.1. The van der Waals surface area contributed by atoms with Gasteiger partial charge < -0.3 is 25.4 Å². The molecule has 1 aliphatic rings. The molecular weight excluding hydrogens is 387 g/mol. The number of carbonyl (C=O) groups is 1. The molecule has 2 aromatic carbocycles. The summed E-state index contributed by atoms with van der Waals surface area (Å²) in [4.78, 5) is 16.5. The van der Waals surface area contributed by atoms with Gasteiger partial charge >= 0.3 is 0 Å². The van der Waals surface area contributed by atoms with Gasteiger partial charge in [0.2, 0.25) is 5.91 Å². The molecule has 0 aromatic heterocycles. The first-order chi connectivity index (χ1) is 14.6. The number of hydrogen-bond donors (Lipinski definition) is 3. The molecule has 8 heteroatoms. The standard InChI is InChI=1S/C22H27FN4O3/c1-2-24-22(27-14-18-15-29-19-8-3-4-9-20(19)30-18)26-11-10-25-21(28)13-16-6-5-7-17(23)12-16/h3-9,12,18H,2,10-11,13-15H2,1H3,(H,25,28)(H2,24,26,27). The lowest BCUT2D eigenvalue weighted by atomic mass is 10.1. The predicted molar refractivity (Wildman–Crippen MR) is 113 cm³/mol. The normalized spacial score (nSPS) is 15.4. The minimum Gasteiger partial charge on any atom is -0.486 e. The Bertz CT molecular complexity index is 875. The molecule has 0 spiro atoms. The third-order valence-corrected chi connectivity index (χ3v) is 4.36. The number of aliphatic imine (C=N–C) groups is 1. The summed E-state index contributed by atoms with van der Waals surface area (Å²) in [5.74, 6) is 1.61. The van der Waals surface area contributed by atoms with Gasteiger partial charge in [0.1, 0.15) is 12.4 Å². The molecule has 0 radical (unpaired) electrons. The number of ether oxygens (including phenoxy) is 2. The van der Waals surface area contributed by atoms with Crippen LogP contribution in [0.5, 0.6) is 11.5 Å². The molecule has 1 unspecified atom stereocenters. The highest BCUT2D eigenvalue weighted by atomic mass is 19.1. The van der Waals surface area contributed by atoms with Crippen LogP contribution in [0.3, 0.4) is 0 Å². The van der Waals surface area contributed by atoms with Crippen molar-refractivity contribution in [1.82, 2.24) is 16.0 Å². The number of nitrogens with one attached hydrogen (secondary N) is 3. The molecule has 30 heavy (non-hydrogen) atoms. The van der Waals surface area contributed by atoms with Crippen molar-refractivity contribution in [2.24, 2.45) is 4.99 Å². The molecule has 0 fully saturated rings. The molecular formula is C22H27FN4O3. The average Bonchev–Trinajstić information content (AvgIpc) is 2.75. The third-order valence-electron chi connectivity index (χ3n) is 4.36. The number of fused-ring (bicyclic) bond motifs is 1. The topological polar surface area (TPSA) is 84.0 Å². The molecule has 1 heterocycles. The summed E-state index contributed by atoms with van der Waals surface area (Å²) in [7, 11) is 0. The van der Waals surface area contributed by atoms with Gasteiger partial charge in [0.25, 0.3) is 0 Å². The highest BCUT2D eigenvalue weighted by Crippen LogP contribution is 2.30. The number of hydrogen-bond acceptors (Lipinski definition) is 4. The van der Waals surface area contributed by atoms with Crippen LogP contribution in [-0.4, -0.2) is 50.8 Å². The zero-order valence-corrected chi connectivity index (χ0v) is 17.0. The maximum atomic E-state index is 13.2. The first-order valence-electron chi connectivity index (χ1n) is 10.1. The minimum absolute atomic E-state index is 0.145. The van der Waals surface area contributed by atoms with E-state index in [-0.39, 0.29) is 24.2 Å². The summed E-state index contributed by atoms with van der Waals surface area (Å²) in [6.07, 6.45) is -0.0202. The maximum absolute atomic E-state index is 13.2. The van der Waals surface area contributed by atoms with Gasteiger partial charge in [-0.3, -0.25) is 4.79 Å². The SMILES string of the molecule is CCNC(=NCC1COc2ccccc2O1)NCCNC(=O)Cc1cccc(F)c1. The van der Waals surface area contributed by atoms with E-state index in [4.69, 9.17) is 9.47 Å². The molecule has 1 aliphatic heterocycles. The Labute approximate surface area is 175 Å². The Morgan fingerprint density at radius 2 is 1.90 bits per heavy atom. The zero-order valence-electron chi connectivity index (χ0n) is 17.0. The van der Waals surface area contributed by atoms with Crippen LogP contribution in [-0.2, 0) is 11.2 Å². The van der Waals surface area contributed by atoms with Crippen molar-refractivity contribution in [2.75, 3.05) is 32.8 Å². The highest BCUT2D eigenvalue weighted by Gasteiger charge is 2.20. The van der Waals surface area contributed by atoms with E-state index in [0.717, 1.165) is 11.5 Å². The van der Waals surface area contributed by atoms with Crippen LogP contribution >= 0.6 is 0 Å². The molecule has 1 atom stereocenters. The van der Waals surface area contributed by atoms with E-state index >= 15 is 0 Å². The average molecular weight is 414 g/mol. The summed E-state index contributed by atoms with van der Waals surface area (Å²) in [6, 6.07) is 13.6. The summed E-state index contributed by atoms with van der Waals surface area (Å²) < 4.78 is 24.8. The molecule has 7 nitrogen and oxygen atoms in total. The number of guanidine groups is 1. The lowest BCUT2D eigenvalue weighted by Gasteiger charge is -2.25. The van der Waals surface area contributed by atoms with Crippen molar-refractivity contribution in [1.29, 1.82) is 0 Å². The first kappa shape index (κ1) is 21.4. The largest absolute Gasteiger partial charge is 0.486 e. The van der Waals surface area contributed by atoms with Gasteiger partial charge in [0, 0.05) is 19.6 Å². The van der Waals surface area contributed by atoms with Crippen LogP contribution in [0.1, 0.15) is 12.5 Å². The quantitative estimate of drug-likeness (QED) is 0.349. The van der Waals surface area contributed by atoms with Gasteiger partial charge in [-0.15, -0.1) is 0 Å². The van der Waals surface area contributed by atoms with Gasteiger partial charge in [-0.1, -0.05) is 24.3 Å². The van der Waals surface area contributed by atoms with Crippen molar-refractivity contribution in [3.8, 4) is 11.5 Å². The van der Waals surface area contributed by atoms with E-state index in [1.54, 1.807) is 12.1 Å². The Kier molecular flexibility index (Phi) is 7.88. The molecule has 160 valence electrons. The van der Waals surface area contributed by atoms with Crippen LogP contribution in [0.25, 0.3) is 0 Å². The molecule has 0 saturated heterocycles. The van der Waals surface area contributed by atoms with Crippen LogP contribution in [0.15, 0.2) is 53.5 Å². The Hall–Kier alpha value is -3.29. The van der Waals surface area contributed by atoms with Crippen LogP contribution in [0.2, 0.25) is 0 Å². The van der Waals surface area contributed by atoms with Gasteiger partial charge in [-0.2, -0.15) is 0 Å². The van der Waals surface area contributed by atoms with Gasteiger partial charge in [-0.25, -0.2) is 9.38 Å². The lowest BCUT2D eigenvalue weighted by molar-refractivity contribution is -0.120. The summed E-state index contributed by atoms with van der Waals surface area (Å²) in [6.45, 7) is 4.50. The fraction of sp³-hybridized carbons (Fsp3) is 0.364. The number of amides is 1. The molecule has 1 amide bonds. The second-order valence-corrected chi connectivity index (χ2v) is 6.80. The molecule has 3 N–H and O–H groups in total. The van der Waals surface area contributed by atoms with Crippen molar-refractivity contribution >= 4 is 11.9 Å². The summed E-state index contributed by atoms with van der Waals surface area (Å²) in [5, 5.41) is 9.15. The third kappa shape index (κ3) is 6.65. The second-order valence-electron chi connectivity index (χ2n) is 6.80. The molecule has 0 aliphatic carbocycles. The van der Waals surface area contributed by atoms with E-state index in [1.807, 2.05) is 31.2 Å². The van der Waals surface area contributed by atoms with E-state index in [9.17, 15) is 9.18 Å². The molecule has 3 rings (SSSR count).